The SMILES string of the molecule is CCCCCCn1nc2c(c1N)C(=O)NC(=O)C2. The predicted molar refractivity (Wildman–Crippen MR) is 67.0 cm³/mol. The fourth-order valence-electron chi connectivity index (χ4n) is 2.14. The van der Waals surface area contributed by atoms with Crippen molar-refractivity contribution in [1.82, 2.24) is 15.1 Å². The molecule has 0 aliphatic carbocycles. The quantitative estimate of drug-likeness (QED) is 0.599. The number of aryl methyl sites for hydroxylation is 1. The number of hydrogen-bond donors (Lipinski definition) is 2. The number of nitrogens with one attached hydrogen (secondary N) is 1. The summed E-state index contributed by atoms with van der Waals surface area (Å²) in [6.45, 7) is 2.84. The fraction of sp³-hybridized carbons (Fsp3) is 0.583. The number of nitrogens with two attached hydrogens (primary N) is 1. The maximum Gasteiger partial charge on any atom is 0.263 e. The first-order valence-corrected chi connectivity index (χ1v) is 6.32. The Hall–Kier alpha value is -1.85. The van der Waals surface area contributed by atoms with E-state index in [1.807, 2.05) is 0 Å². The first-order chi connectivity index (χ1) is 8.63. The molecule has 18 heavy (non-hydrogen) atoms. The molecule has 0 aromatic carbocycles. The summed E-state index contributed by atoms with van der Waals surface area (Å²) in [5.41, 5.74) is 6.77. The topological polar surface area (TPSA) is 90.0 Å². The number of aromatic nitrogens is 2. The van der Waals surface area contributed by atoms with Crippen LogP contribution in [0.1, 0.15) is 48.7 Å². The van der Waals surface area contributed by atoms with Crippen LogP contribution in [0.2, 0.25) is 0 Å². The van der Waals surface area contributed by atoms with Crippen LogP contribution in [-0.4, -0.2) is 21.6 Å². The van der Waals surface area contributed by atoms with Gasteiger partial charge in [-0.05, 0) is 6.42 Å². The molecule has 2 amide bonds. The second-order valence-corrected chi connectivity index (χ2v) is 4.54. The summed E-state index contributed by atoms with van der Waals surface area (Å²) in [5.74, 6) is -0.381. The minimum Gasteiger partial charge on any atom is -0.383 e. The Morgan fingerprint density at radius 2 is 2.11 bits per heavy atom. The van der Waals surface area contributed by atoms with E-state index in [0.29, 0.717) is 23.6 Å². The van der Waals surface area contributed by atoms with Crippen LogP contribution in [0.4, 0.5) is 5.82 Å². The third-order valence-corrected chi connectivity index (χ3v) is 3.10. The molecule has 0 spiro atoms. The molecule has 1 aliphatic rings. The van der Waals surface area contributed by atoms with Crippen LogP contribution in [0.5, 0.6) is 0 Å². The number of imide groups is 1. The molecule has 1 aromatic rings. The lowest BCUT2D eigenvalue weighted by Gasteiger charge is -2.09. The van der Waals surface area contributed by atoms with Gasteiger partial charge in [-0.3, -0.25) is 14.9 Å². The molecule has 0 unspecified atom stereocenters. The molecule has 2 rings (SSSR count). The Labute approximate surface area is 106 Å². The summed E-state index contributed by atoms with van der Waals surface area (Å²) >= 11 is 0. The highest BCUT2D eigenvalue weighted by Crippen LogP contribution is 2.21. The van der Waals surface area contributed by atoms with Gasteiger partial charge in [-0.2, -0.15) is 5.10 Å². The standard InChI is InChI=1S/C12H18N4O2/c1-2-3-4-5-6-16-11(13)10-8(15-16)7-9(17)14-12(10)18/h2-7,13H2,1H3,(H,14,17,18). The number of unbranched alkanes of at least 4 members (excludes halogenated alkanes) is 3. The molecule has 0 bridgehead atoms. The molecular weight excluding hydrogens is 232 g/mol. The number of carbonyl (C=O) groups is 2. The average molecular weight is 250 g/mol. The molecule has 1 aromatic heterocycles. The van der Waals surface area contributed by atoms with Crippen molar-refractivity contribution in [3.8, 4) is 0 Å². The molecular formula is C12H18N4O2. The summed E-state index contributed by atoms with van der Waals surface area (Å²) in [6, 6.07) is 0. The summed E-state index contributed by atoms with van der Waals surface area (Å²) in [7, 11) is 0. The zero-order valence-corrected chi connectivity index (χ0v) is 10.5. The van der Waals surface area contributed by atoms with E-state index >= 15 is 0 Å². The summed E-state index contributed by atoms with van der Waals surface area (Å²) in [6.07, 6.45) is 4.58. The van der Waals surface area contributed by atoms with Gasteiger partial charge in [0.25, 0.3) is 5.91 Å². The van der Waals surface area contributed by atoms with Crippen LogP contribution in [0, 0.1) is 0 Å². The summed E-state index contributed by atoms with van der Waals surface area (Å²) in [5, 5.41) is 6.51. The Balaban J connectivity index is 2.12. The van der Waals surface area contributed by atoms with Gasteiger partial charge in [-0.15, -0.1) is 0 Å². The molecule has 6 heteroatoms. The first-order valence-electron chi connectivity index (χ1n) is 6.32. The van der Waals surface area contributed by atoms with Crippen LogP contribution in [0.25, 0.3) is 0 Å². The number of nitrogens with zero attached hydrogens (tertiary/aromatic N) is 2. The van der Waals surface area contributed by atoms with E-state index < -0.39 is 5.91 Å². The number of carbonyl (C=O) groups excluding carboxylic acids is 2. The Bertz CT molecular complexity index is 479. The smallest absolute Gasteiger partial charge is 0.263 e. The fourth-order valence-corrected chi connectivity index (χ4v) is 2.14. The molecule has 98 valence electrons. The van der Waals surface area contributed by atoms with Crippen molar-refractivity contribution in [2.45, 2.75) is 45.6 Å². The van der Waals surface area contributed by atoms with E-state index in [-0.39, 0.29) is 12.3 Å². The molecule has 2 heterocycles. The highest BCUT2D eigenvalue weighted by atomic mass is 16.2. The Kier molecular flexibility index (Phi) is 3.64. The minimum absolute atomic E-state index is 0.132. The number of rotatable bonds is 5. The number of amides is 2. The van der Waals surface area contributed by atoms with Crippen LogP contribution >= 0.6 is 0 Å². The van der Waals surface area contributed by atoms with Crippen molar-refractivity contribution < 1.29 is 9.59 Å². The largest absolute Gasteiger partial charge is 0.383 e. The molecule has 0 saturated heterocycles. The van der Waals surface area contributed by atoms with Crippen molar-refractivity contribution in [3.63, 3.8) is 0 Å². The van der Waals surface area contributed by atoms with Gasteiger partial charge in [0.05, 0.1) is 12.1 Å². The zero-order valence-electron chi connectivity index (χ0n) is 10.5. The van der Waals surface area contributed by atoms with Crippen molar-refractivity contribution in [3.05, 3.63) is 11.3 Å². The molecule has 0 fully saturated rings. The number of hydrogen-bond acceptors (Lipinski definition) is 4. The monoisotopic (exact) mass is 250 g/mol. The van der Waals surface area contributed by atoms with E-state index in [2.05, 4.69) is 17.3 Å². The van der Waals surface area contributed by atoms with E-state index in [1.165, 1.54) is 12.8 Å². The number of fused-ring (bicyclic) bond motifs is 1. The Morgan fingerprint density at radius 3 is 2.83 bits per heavy atom. The van der Waals surface area contributed by atoms with Gasteiger partial charge in [0.1, 0.15) is 11.4 Å². The summed E-state index contributed by atoms with van der Waals surface area (Å²) < 4.78 is 1.64. The van der Waals surface area contributed by atoms with Crippen LogP contribution in [0.3, 0.4) is 0 Å². The molecule has 0 radical (unpaired) electrons. The molecule has 6 nitrogen and oxygen atoms in total. The second-order valence-electron chi connectivity index (χ2n) is 4.54. The van der Waals surface area contributed by atoms with Gasteiger partial charge in [-0.1, -0.05) is 26.2 Å². The van der Waals surface area contributed by atoms with E-state index in [9.17, 15) is 9.59 Å². The van der Waals surface area contributed by atoms with Crippen LogP contribution in [0.15, 0.2) is 0 Å². The van der Waals surface area contributed by atoms with Gasteiger partial charge in [0.15, 0.2) is 0 Å². The minimum atomic E-state index is -0.432. The van der Waals surface area contributed by atoms with Crippen LogP contribution in [-0.2, 0) is 17.8 Å². The van der Waals surface area contributed by atoms with E-state index in [1.54, 1.807) is 4.68 Å². The van der Waals surface area contributed by atoms with Crippen LogP contribution < -0.4 is 11.1 Å². The molecule has 0 atom stereocenters. The first kappa shape index (κ1) is 12.6. The summed E-state index contributed by atoms with van der Waals surface area (Å²) in [4.78, 5) is 22.9. The lowest BCUT2D eigenvalue weighted by molar-refractivity contribution is -0.119. The van der Waals surface area contributed by atoms with Crippen molar-refractivity contribution in [1.29, 1.82) is 0 Å². The van der Waals surface area contributed by atoms with Crippen molar-refractivity contribution >= 4 is 17.6 Å². The van der Waals surface area contributed by atoms with Gasteiger partial charge >= 0.3 is 0 Å². The number of anilines is 1. The highest BCUT2D eigenvalue weighted by Gasteiger charge is 2.29. The molecule has 3 N–H and O–H groups in total. The van der Waals surface area contributed by atoms with E-state index in [0.717, 1.165) is 12.8 Å². The second kappa shape index (κ2) is 5.20. The third kappa shape index (κ3) is 2.37. The molecule has 0 saturated carbocycles. The maximum absolute atomic E-state index is 11.6. The van der Waals surface area contributed by atoms with Crippen molar-refractivity contribution in [2.75, 3.05) is 5.73 Å². The number of nitrogen functional groups attached to an aromatic ring is 1. The zero-order chi connectivity index (χ0) is 13.1. The lowest BCUT2D eigenvalue weighted by atomic mass is 10.1. The predicted octanol–water partition coefficient (Wildman–Crippen LogP) is 0.858. The normalized spacial score (nSPS) is 14.5. The van der Waals surface area contributed by atoms with Gasteiger partial charge < -0.3 is 5.73 Å². The van der Waals surface area contributed by atoms with E-state index in [4.69, 9.17) is 5.73 Å². The van der Waals surface area contributed by atoms with Gasteiger partial charge in [-0.25, -0.2) is 4.68 Å². The Morgan fingerprint density at radius 1 is 1.33 bits per heavy atom. The molecule has 1 aliphatic heterocycles. The third-order valence-electron chi connectivity index (χ3n) is 3.10. The lowest BCUT2D eigenvalue weighted by Crippen LogP contribution is -2.37. The average Bonchev–Trinajstić information content (AvgIpc) is 2.61. The van der Waals surface area contributed by atoms with Gasteiger partial charge in [0, 0.05) is 6.54 Å². The highest BCUT2D eigenvalue weighted by molar-refractivity contribution is 6.11. The van der Waals surface area contributed by atoms with Crippen molar-refractivity contribution in [2.24, 2.45) is 0 Å². The van der Waals surface area contributed by atoms with Gasteiger partial charge in [0.2, 0.25) is 5.91 Å². The maximum atomic E-state index is 11.6.